The van der Waals surface area contributed by atoms with E-state index in [1.807, 2.05) is 20.8 Å². The average Bonchev–Trinajstić information content (AvgIpc) is 2.47. The molecule has 0 bridgehead atoms. The van der Waals surface area contributed by atoms with E-state index in [2.05, 4.69) is 39.7 Å². The van der Waals surface area contributed by atoms with Crippen LogP contribution in [0.1, 0.15) is 57.9 Å². The lowest BCUT2D eigenvalue weighted by atomic mass is 9.82. The summed E-state index contributed by atoms with van der Waals surface area (Å²) in [6.07, 6.45) is 2.70. The van der Waals surface area contributed by atoms with Gasteiger partial charge in [-0.3, -0.25) is 4.98 Å². The normalized spacial score (nSPS) is 18.7. The molecule has 1 atom stereocenters. The maximum Gasteiger partial charge on any atom is 0.337 e. The summed E-state index contributed by atoms with van der Waals surface area (Å²) >= 11 is 3.58. The van der Waals surface area contributed by atoms with Crippen LogP contribution in [0.2, 0.25) is 0 Å². The van der Waals surface area contributed by atoms with Crippen molar-refractivity contribution in [3.8, 4) is 0 Å². The first-order valence-electron chi connectivity index (χ1n) is 8.40. The van der Waals surface area contributed by atoms with E-state index >= 15 is 0 Å². The summed E-state index contributed by atoms with van der Waals surface area (Å²) in [6, 6.07) is 0. The van der Waals surface area contributed by atoms with Crippen molar-refractivity contribution in [2.45, 2.75) is 59.7 Å². The number of halogens is 1. The van der Waals surface area contributed by atoms with Crippen LogP contribution in [0.25, 0.3) is 0 Å². The number of nitrogens with zero attached hydrogens (tertiary/aromatic N) is 2. The number of carboxylic acid groups (broad SMARTS) is 1. The molecule has 1 N–H and O–H groups in total. The van der Waals surface area contributed by atoms with Gasteiger partial charge in [0.05, 0.1) is 16.3 Å². The highest BCUT2D eigenvalue weighted by atomic mass is 79.9. The second-order valence-corrected chi connectivity index (χ2v) is 8.36. The summed E-state index contributed by atoms with van der Waals surface area (Å²) in [7, 11) is 0. The quantitative estimate of drug-likeness (QED) is 0.799. The van der Waals surface area contributed by atoms with Crippen LogP contribution in [0.5, 0.6) is 0 Å². The van der Waals surface area contributed by atoms with E-state index in [4.69, 9.17) is 4.74 Å². The fourth-order valence-electron chi connectivity index (χ4n) is 3.08. The number of pyridine rings is 1. The van der Waals surface area contributed by atoms with Gasteiger partial charge in [-0.2, -0.15) is 0 Å². The number of hydrogen-bond donors (Lipinski definition) is 1. The zero-order valence-corrected chi connectivity index (χ0v) is 16.7. The van der Waals surface area contributed by atoms with Crippen LogP contribution in [-0.2, 0) is 9.53 Å². The minimum absolute atomic E-state index is 0.183. The van der Waals surface area contributed by atoms with Crippen molar-refractivity contribution in [1.29, 1.82) is 0 Å². The van der Waals surface area contributed by atoms with Crippen molar-refractivity contribution in [3.63, 3.8) is 0 Å². The van der Waals surface area contributed by atoms with Gasteiger partial charge >= 0.3 is 5.97 Å². The van der Waals surface area contributed by atoms with Crippen molar-refractivity contribution in [2.24, 2.45) is 5.41 Å². The molecular weight excluding hydrogens is 372 g/mol. The number of aryl methyl sites for hydroxylation is 1. The van der Waals surface area contributed by atoms with Crippen LogP contribution in [-0.4, -0.2) is 35.3 Å². The molecule has 5 nitrogen and oxygen atoms in total. The Hall–Kier alpha value is -1.14. The van der Waals surface area contributed by atoms with E-state index in [-0.39, 0.29) is 6.10 Å². The fourth-order valence-corrected chi connectivity index (χ4v) is 3.64. The number of aliphatic carboxylic acids is 1. The zero-order chi connectivity index (χ0) is 18.1. The fraction of sp³-hybridized carbons (Fsp3) is 0.667. The van der Waals surface area contributed by atoms with Crippen LogP contribution >= 0.6 is 15.9 Å². The summed E-state index contributed by atoms with van der Waals surface area (Å²) in [4.78, 5) is 18.5. The van der Waals surface area contributed by atoms with Gasteiger partial charge in [0.25, 0.3) is 0 Å². The van der Waals surface area contributed by atoms with Crippen LogP contribution in [0.4, 0.5) is 5.69 Å². The largest absolute Gasteiger partial charge is 0.479 e. The maximum atomic E-state index is 11.9. The molecule has 1 aromatic heterocycles. The van der Waals surface area contributed by atoms with Gasteiger partial charge in [0.1, 0.15) is 0 Å². The summed E-state index contributed by atoms with van der Waals surface area (Å²) in [6.45, 7) is 11.9. The molecular formula is C18H27BrN2O3. The van der Waals surface area contributed by atoms with Gasteiger partial charge in [-0.05, 0) is 55.0 Å². The second kappa shape index (κ2) is 7.40. The minimum atomic E-state index is -1.01. The van der Waals surface area contributed by atoms with Crippen molar-refractivity contribution >= 4 is 27.6 Å². The number of anilines is 1. The highest BCUT2D eigenvalue weighted by Gasteiger charge is 2.33. The first-order chi connectivity index (χ1) is 11.1. The maximum absolute atomic E-state index is 11.9. The number of aromatic nitrogens is 1. The molecule has 1 saturated heterocycles. The molecule has 0 amide bonds. The Balaban J connectivity index is 2.47. The Bertz CT molecular complexity index is 607. The first-order valence-corrected chi connectivity index (χ1v) is 9.20. The van der Waals surface area contributed by atoms with Crippen LogP contribution in [0, 0.1) is 12.3 Å². The van der Waals surface area contributed by atoms with Gasteiger partial charge in [-0.25, -0.2) is 4.79 Å². The van der Waals surface area contributed by atoms with Gasteiger partial charge in [0.2, 0.25) is 0 Å². The van der Waals surface area contributed by atoms with E-state index < -0.39 is 12.1 Å². The summed E-state index contributed by atoms with van der Waals surface area (Å²) in [5, 5.41) is 9.71. The van der Waals surface area contributed by atoms with Gasteiger partial charge in [-0.15, -0.1) is 0 Å². The van der Waals surface area contributed by atoms with Crippen molar-refractivity contribution < 1.29 is 14.6 Å². The molecule has 0 aromatic carbocycles. The van der Waals surface area contributed by atoms with Gasteiger partial charge in [-0.1, -0.05) is 13.8 Å². The summed E-state index contributed by atoms with van der Waals surface area (Å²) in [5.74, 6) is -0.981. The Morgan fingerprint density at radius 2 is 1.96 bits per heavy atom. The number of hydrogen-bond acceptors (Lipinski definition) is 4. The lowest BCUT2D eigenvalue weighted by molar-refractivity contribution is -0.153. The number of carboxylic acids is 1. The molecule has 24 heavy (non-hydrogen) atoms. The highest BCUT2D eigenvalue weighted by Crippen LogP contribution is 2.41. The highest BCUT2D eigenvalue weighted by molar-refractivity contribution is 9.10. The molecule has 2 heterocycles. The minimum Gasteiger partial charge on any atom is -0.479 e. The van der Waals surface area contributed by atoms with Gasteiger partial charge < -0.3 is 14.7 Å². The molecule has 134 valence electrons. The molecule has 1 fully saturated rings. The number of carbonyl (C=O) groups is 1. The third-order valence-electron chi connectivity index (χ3n) is 4.57. The molecule has 2 rings (SSSR count). The number of rotatable bonds is 5. The molecule has 0 aliphatic carbocycles. The Labute approximate surface area is 152 Å². The van der Waals surface area contributed by atoms with E-state index in [9.17, 15) is 9.90 Å². The van der Waals surface area contributed by atoms with Crippen LogP contribution in [0.15, 0.2) is 10.7 Å². The van der Waals surface area contributed by atoms with Crippen LogP contribution < -0.4 is 4.90 Å². The second-order valence-electron chi connectivity index (χ2n) is 7.51. The predicted octanol–water partition coefficient (Wildman–Crippen LogP) is 4.33. The molecule has 1 aliphatic heterocycles. The van der Waals surface area contributed by atoms with Crippen LogP contribution in [0.3, 0.4) is 0 Å². The Morgan fingerprint density at radius 1 is 1.38 bits per heavy atom. The lowest BCUT2D eigenvalue weighted by Crippen LogP contribution is -2.38. The van der Waals surface area contributed by atoms with Crippen molar-refractivity contribution in [1.82, 2.24) is 4.98 Å². The third-order valence-corrected chi connectivity index (χ3v) is 5.15. The molecule has 1 aliphatic rings. The Morgan fingerprint density at radius 3 is 2.46 bits per heavy atom. The first kappa shape index (κ1) is 19.2. The van der Waals surface area contributed by atoms with Crippen molar-refractivity contribution in [3.05, 3.63) is 21.9 Å². The number of piperidine rings is 1. The van der Waals surface area contributed by atoms with Gasteiger partial charge in [0, 0.05) is 30.5 Å². The smallest absolute Gasteiger partial charge is 0.337 e. The van der Waals surface area contributed by atoms with E-state index in [0.29, 0.717) is 16.7 Å². The molecule has 0 spiro atoms. The average molecular weight is 399 g/mol. The standard InChI is InChI=1S/C18H27BrN2O3/c1-11(2)24-16(17(22)23)14-12(3)20-10-13(19)15(14)21-8-6-18(4,5)7-9-21/h10-11,16H,6-9H2,1-5H3,(H,22,23). The molecule has 1 unspecified atom stereocenters. The zero-order valence-electron chi connectivity index (χ0n) is 15.1. The molecule has 0 saturated carbocycles. The summed E-state index contributed by atoms with van der Waals surface area (Å²) in [5.41, 5.74) is 2.59. The van der Waals surface area contributed by atoms with Gasteiger partial charge in [0.15, 0.2) is 6.10 Å². The molecule has 6 heteroatoms. The SMILES string of the molecule is Cc1ncc(Br)c(N2CCC(C)(C)CC2)c1C(OC(C)C)C(=O)O. The van der Waals surface area contributed by atoms with Crippen molar-refractivity contribution in [2.75, 3.05) is 18.0 Å². The van der Waals surface area contributed by atoms with E-state index in [1.54, 1.807) is 6.20 Å². The predicted molar refractivity (Wildman–Crippen MR) is 98.5 cm³/mol. The summed E-state index contributed by atoms with van der Waals surface area (Å²) < 4.78 is 6.54. The number of ether oxygens (including phenoxy) is 1. The van der Waals surface area contributed by atoms with E-state index in [1.165, 1.54) is 0 Å². The molecule has 1 aromatic rings. The monoisotopic (exact) mass is 398 g/mol. The Kier molecular flexibility index (Phi) is 5.91. The molecule has 0 radical (unpaired) electrons. The lowest BCUT2D eigenvalue weighted by Gasteiger charge is -2.40. The third kappa shape index (κ3) is 4.28. The topological polar surface area (TPSA) is 62.7 Å². The van der Waals surface area contributed by atoms with E-state index in [0.717, 1.165) is 36.1 Å².